The average Bonchev–Trinajstić information content (AvgIpc) is 2.62. The molecule has 0 radical (unpaired) electrons. The van der Waals surface area contributed by atoms with Gasteiger partial charge in [-0.15, -0.1) is 0 Å². The molecule has 170 valence electrons. The summed E-state index contributed by atoms with van der Waals surface area (Å²) < 4.78 is 25.3. The summed E-state index contributed by atoms with van der Waals surface area (Å²) in [5, 5.41) is 10.7. The first-order valence-electron chi connectivity index (χ1n) is 9.19. The average molecular weight is 433 g/mol. The Morgan fingerprint density at radius 2 is 1.67 bits per heavy atom. The lowest BCUT2D eigenvalue weighted by Gasteiger charge is -2.41. The van der Waals surface area contributed by atoms with E-state index < -0.39 is 66.8 Å². The lowest BCUT2D eigenvalue weighted by Crippen LogP contribution is -2.62. The van der Waals surface area contributed by atoms with Crippen molar-refractivity contribution in [2.75, 3.05) is 26.8 Å². The fourth-order valence-electron chi connectivity index (χ4n) is 2.86. The summed E-state index contributed by atoms with van der Waals surface area (Å²) in [7, 11) is 1.27. The quantitative estimate of drug-likeness (QED) is 0.353. The molecule has 12 heteroatoms. The van der Waals surface area contributed by atoms with Crippen LogP contribution in [0.2, 0.25) is 0 Å². The lowest BCUT2D eigenvalue weighted by molar-refractivity contribution is -0.234. The van der Waals surface area contributed by atoms with E-state index in [1.165, 1.54) is 7.05 Å². The van der Waals surface area contributed by atoms with Gasteiger partial charge in [-0.25, -0.2) is 0 Å². The number of aliphatic hydroxyl groups excluding tert-OH is 1. The van der Waals surface area contributed by atoms with Gasteiger partial charge in [0.1, 0.15) is 18.8 Å². The predicted octanol–water partition coefficient (Wildman–Crippen LogP) is -1.44. The Bertz CT molecular complexity index is 665. The summed E-state index contributed by atoms with van der Waals surface area (Å²) in [5.74, 6) is -3.86. The predicted molar refractivity (Wildman–Crippen MR) is 96.7 cm³/mol. The molecule has 30 heavy (non-hydrogen) atoms. The Morgan fingerprint density at radius 3 is 2.17 bits per heavy atom. The third-order valence-corrected chi connectivity index (χ3v) is 3.99. The van der Waals surface area contributed by atoms with Crippen LogP contribution in [0, 0.1) is 0 Å². The van der Waals surface area contributed by atoms with E-state index in [9.17, 15) is 29.1 Å². The molecule has 1 amide bonds. The first kappa shape index (κ1) is 25.3. The van der Waals surface area contributed by atoms with Crippen LogP contribution in [0.25, 0.3) is 0 Å². The number of rotatable bonds is 8. The number of likely N-dealkylation sites (N-methyl/N-ethyl adjacent to an activating group) is 1. The number of esters is 4. The van der Waals surface area contributed by atoms with Crippen LogP contribution in [-0.2, 0) is 47.7 Å². The topological polar surface area (TPSA) is 155 Å². The highest BCUT2D eigenvalue weighted by atomic mass is 16.6. The van der Waals surface area contributed by atoms with Gasteiger partial charge in [0.05, 0.1) is 13.2 Å². The van der Waals surface area contributed by atoms with Crippen LogP contribution in [-0.4, -0.2) is 97.1 Å². The minimum Gasteiger partial charge on any atom is -0.465 e. The number of carbonyl (C=O) groups is 5. The van der Waals surface area contributed by atoms with Crippen molar-refractivity contribution in [1.29, 1.82) is 0 Å². The van der Waals surface area contributed by atoms with E-state index in [0.29, 0.717) is 0 Å². The Balaban J connectivity index is 3.10. The largest absolute Gasteiger partial charge is 0.465 e. The molecule has 0 aromatic heterocycles. The van der Waals surface area contributed by atoms with Crippen LogP contribution < -0.4 is 0 Å². The van der Waals surface area contributed by atoms with Gasteiger partial charge in [0.25, 0.3) is 5.91 Å². The van der Waals surface area contributed by atoms with Crippen LogP contribution in [0.15, 0.2) is 0 Å². The van der Waals surface area contributed by atoms with Gasteiger partial charge in [0.15, 0.2) is 12.2 Å². The van der Waals surface area contributed by atoms with Crippen molar-refractivity contribution < 1.29 is 52.8 Å². The van der Waals surface area contributed by atoms with Gasteiger partial charge >= 0.3 is 23.9 Å². The normalized spacial score (nSPS) is 24.2. The van der Waals surface area contributed by atoms with Crippen LogP contribution in [0.1, 0.15) is 27.7 Å². The van der Waals surface area contributed by atoms with Crippen molar-refractivity contribution in [3.05, 3.63) is 0 Å². The van der Waals surface area contributed by atoms with E-state index in [1.54, 1.807) is 6.92 Å². The first-order chi connectivity index (χ1) is 14.0. The second-order valence-corrected chi connectivity index (χ2v) is 6.54. The Morgan fingerprint density at radius 1 is 1.07 bits per heavy atom. The highest BCUT2D eigenvalue weighted by Crippen LogP contribution is 2.25. The van der Waals surface area contributed by atoms with Crippen LogP contribution >= 0.6 is 0 Å². The molecule has 0 bridgehead atoms. The van der Waals surface area contributed by atoms with E-state index >= 15 is 0 Å². The van der Waals surface area contributed by atoms with Crippen molar-refractivity contribution in [3.63, 3.8) is 0 Å². The number of aliphatic hydroxyl groups is 1. The summed E-state index contributed by atoms with van der Waals surface area (Å²) in [6.07, 6.45) is -7.30. The molecular weight excluding hydrogens is 406 g/mol. The molecule has 1 heterocycles. The third-order valence-electron chi connectivity index (χ3n) is 3.99. The van der Waals surface area contributed by atoms with Gasteiger partial charge in [-0.05, 0) is 6.92 Å². The Kier molecular flexibility index (Phi) is 9.66. The van der Waals surface area contributed by atoms with E-state index in [1.807, 2.05) is 0 Å². The second-order valence-electron chi connectivity index (χ2n) is 6.54. The zero-order valence-corrected chi connectivity index (χ0v) is 17.5. The second kappa shape index (κ2) is 11.5. The molecular formula is C18H27NO11. The zero-order chi connectivity index (χ0) is 23.0. The summed E-state index contributed by atoms with van der Waals surface area (Å²) in [6, 6.07) is 0. The van der Waals surface area contributed by atoms with E-state index in [4.69, 9.17) is 23.7 Å². The fourth-order valence-corrected chi connectivity index (χ4v) is 2.86. The monoisotopic (exact) mass is 433 g/mol. The molecule has 12 nitrogen and oxygen atoms in total. The minimum absolute atomic E-state index is 0.111. The molecule has 2 unspecified atom stereocenters. The van der Waals surface area contributed by atoms with Gasteiger partial charge in [-0.3, -0.25) is 24.0 Å². The summed E-state index contributed by atoms with van der Waals surface area (Å²) in [4.78, 5) is 59.7. The maximum atomic E-state index is 12.8. The molecule has 1 fully saturated rings. The smallest absolute Gasteiger partial charge is 0.325 e. The molecule has 5 atom stereocenters. The summed E-state index contributed by atoms with van der Waals surface area (Å²) >= 11 is 0. The van der Waals surface area contributed by atoms with Crippen molar-refractivity contribution in [2.24, 2.45) is 0 Å². The summed E-state index contributed by atoms with van der Waals surface area (Å²) in [5.41, 5.74) is 0. The minimum atomic E-state index is -1.68. The van der Waals surface area contributed by atoms with Crippen molar-refractivity contribution in [2.45, 2.75) is 58.2 Å². The maximum absolute atomic E-state index is 12.8. The molecule has 0 spiro atoms. The third kappa shape index (κ3) is 7.26. The van der Waals surface area contributed by atoms with Crippen LogP contribution in [0.3, 0.4) is 0 Å². The number of carbonyl (C=O) groups excluding carboxylic acids is 5. The molecule has 0 saturated carbocycles. The Hall–Kier alpha value is -2.73. The highest BCUT2D eigenvalue weighted by Gasteiger charge is 2.50. The molecule has 1 rings (SSSR count). The molecule has 1 aliphatic rings. The SMILES string of the molecule is CCOC(=O)CN(C)C(=O)C(OC(C)=O)C1OC[C@@H](OC(C)=O)[C@H](OC(C)=O)[C@H]1O. The number of nitrogens with zero attached hydrogens (tertiary/aromatic N) is 1. The van der Waals surface area contributed by atoms with E-state index in [2.05, 4.69) is 0 Å². The molecule has 1 N–H and O–H groups in total. The molecule has 0 aromatic carbocycles. The standard InChI is InChI=1S/C18H27NO11/c1-6-26-13(23)7-19(5)18(25)17(30-11(4)22)16-14(24)15(29-10(3)21)12(8-27-16)28-9(2)20/h12,14-17,24H,6-8H2,1-5H3/t12-,14-,15+,16?,17?/m1/s1. The number of hydrogen-bond acceptors (Lipinski definition) is 11. The van der Waals surface area contributed by atoms with Gasteiger partial charge in [-0.1, -0.05) is 0 Å². The van der Waals surface area contributed by atoms with Gasteiger partial charge in [-0.2, -0.15) is 0 Å². The summed E-state index contributed by atoms with van der Waals surface area (Å²) in [6.45, 7) is 4.19. The lowest BCUT2D eigenvalue weighted by atomic mass is 9.95. The van der Waals surface area contributed by atoms with Crippen LogP contribution in [0.4, 0.5) is 0 Å². The van der Waals surface area contributed by atoms with E-state index in [0.717, 1.165) is 25.7 Å². The van der Waals surface area contributed by atoms with Crippen molar-refractivity contribution in [1.82, 2.24) is 4.90 Å². The zero-order valence-electron chi connectivity index (χ0n) is 17.5. The fraction of sp³-hybridized carbons (Fsp3) is 0.722. The highest BCUT2D eigenvalue weighted by molar-refractivity contribution is 5.87. The van der Waals surface area contributed by atoms with Gasteiger partial charge in [0.2, 0.25) is 6.10 Å². The van der Waals surface area contributed by atoms with Gasteiger partial charge < -0.3 is 33.7 Å². The number of hydrogen-bond donors (Lipinski definition) is 1. The first-order valence-corrected chi connectivity index (χ1v) is 9.19. The maximum Gasteiger partial charge on any atom is 0.325 e. The molecule has 1 aliphatic heterocycles. The van der Waals surface area contributed by atoms with Gasteiger partial charge in [0, 0.05) is 27.8 Å². The Labute approximate surface area is 173 Å². The van der Waals surface area contributed by atoms with Crippen LogP contribution in [0.5, 0.6) is 0 Å². The van der Waals surface area contributed by atoms with Crippen molar-refractivity contribution in [3.8, 4) is 0 Å². The van der Waals surface area contributed by atoms with Crippen molar-refractivity contribution >= 4 is 29.8 Å². The molecule has 0 aromatic rings. The van der Waals surface area contributed by atoms with E-state index in [-0.39, 0.29) is 13.2 Å². The number of ether oxygens (including phenoxy) is 5. The molecule has 1 saturated heterocycles. The molecule has 0 aliphatic carbocycles. The number of amides is 1.